The molecule has 3 atom stereocenters. The SMILES string of the molecule is CC(NC(=O)[C@@H]1C[C@@H](OC(F)F)CN1C(=O)CNC(=O)c1ccc(Oc2ccccc2)cc1)c1cc(B2OC(C)(C)C(C)(C)O2)cs1. The number of nitrogens with one attached hydrogen (secondary N) is 2. The number of rotatable bonds is 11. The van der Waals surface area contributed by atoms with Gasteiger partial charge in [0, 0.05) is 23.4 Å². The summed E-state index contributed by atoms with van der Waals surface area (Å²) in [4.78, 5) is 41.5. The summed E-state index contributed by atoms with van der Waals surface area (Å²) in [6.45, 7) is 5.93. The van der Waals surface area contributed by atoms with Gasteiger partial charge in [-0.1, -0.05) is 18.2 Å². The Bertz CT molecular complexity index is 1560. The number of thiophene rings is 1. The zero-order valence-corrected chi connectivity index (χ0v) is 27.6. The van der Waals surface area contributed by atoms with Crippen molar-refractivity contribution in [1.29, 1.82) is 0 Å². The van der Waals surface area contributed by atoms with Crippen LogP contribution in [0.5, 0.6) is 11.5 Å². The zero-order valence-electron chi connectivity index (χ0n) is 26.8. The van der Waals surface area contributed by atoms with Gasteiger partial charge in [0.25, 0.3) is 5.91 Å². The Balaban J connectivity index is 1.19. The van der Waals surface area contributed by atoms with Gasteiger partial charge < -0.3 is 34.3 Å². The first kappa shape index (κ1) is 34.5. The van der Waals surface area contributed by atoms with Crippen LogP contribution in [-0.2, 0) is 23.6 Å². The van der Waals surface area contributed by atoms with Crippen LogP contribution in [0.3, 0.4) is 0 Å². The van der Waals surface area contributed by atoms with Gasteiger partial charge in [0.1, 0.15) is 17.5 Å². The Morgan fingerprint density at radius 2 is 1.66 bits per heavy atom. The Kier molecular flexibility index (Phi) is 10.3. The van der Waals surface area contributed by atoms with Crippen LogP contribution >= 0.6 is 11.3 Å². The molecular weight excluding hydrogens is 631 g/mol. The molecule has 10 nitrogen and oxygen atoms in total. The van der Waals surface area contributed by atoms with E-state index in [1.54, 1.807) is 43.3 Å². The number of carbonyl (C=O) groups is 3. The van der Waals surface area contributed by atoms with Crippen molar-refractivity contribution in [3.63, 3.8) is 0 Å². The fourth-order valence-electron chi connectivity index (χ4n) is 5.30. The molecule has 3 heterocycles. The number of alkyl halides is 2. The van der Waals surface area contributed by atoms with Crippen LogP contribution < -0.4 is 20.8 Å². The van der Waals surface area contributed by atoms with Gasteiger partial charge in [-0.15, -0.1) is 11.3 Å². The highest BCUT2D eigenvalue weighted by Gasteiger charge is 2.52. The number of para-hydroxylation sites is 1. The molecule has 0 spiro atoms. The minimum Gasteiger partial charge on any atom is -0.457 e. The van der Waals surface area contributed by atoms with Gasteiger partial charge in [-0.05, 0) is 87.9 Å². The van der Waals surface area contributed by atoms with E-state index in [1.807, 2.05) is 57.3 Å². The predicted octanol–water partition coefficient (Wildman–Crippen LogP) is 4.66. The maximum atomic E-state index is 13.4. The molecule has 1 aromatic heterocycles. The van der Waals surface area contributed by atoms with E-state index in [-0.39, 0.29) is 18.5 Å². The van der Waals surface area contributed by atoms with E-state index in [1.165, 1.54) is 16.2 Å². The van der Waals surface area contributed by atoms with E-state index in [4.69, 9.17) is 14.0 Å². The van der Waals surface area contributed by atoms with Crippen LogP contribution in [0.2, 0.25) is 0 Å². The Hall–Kier alpha value is -3.85. The highest BCUT2D eigenvalue weighted by molar-refractivity contribution is 7.11. The summed E-state index contributed by atoms with van der Waals surface area (Å²) in [6.07, 6.45) is -1.16. The minimum atomic E-state index is -3.06. The summed E-state index contributed by atoms with van der Waals surface area (Å²) in [7, 11) is -0.557. The molecule has 0 aliphatic carbocycles. The van der Waals surface area contributed by atoms with Gasteiger partial charge in [-0.25, -0.2) is 0 Å². The van der Waals surface area contributed by atoms with Gasteiger partial charge in [-0.2, -0.15) is 8.78 Å². The Morgan fingerprint density at radius 1 is 1.02 bits per heavy atom. The Morgan fingerprint density at radius 3 is 2.30 bits per heavy atom. The topological polar surface area (TPSA) is 115 Å². The maximum absolute atomic E-state index is 13.4. The maximum Gasteiger partial charge on any atom is 0.495 e. The van der Waals surface area contributed by atoms with Crippen LogP contribution in [0, 0.1) is 0 Å². The van der Waals surface area contributed by atoms with Crippen molar-refractivity contribution < 1.29 is 41.9 Å². The third-order valence-electron chi connectivity index (χ3n) is 8.63. The normalized spacial score (nSPS) is 20.7. The van der Waals surface area contributed by atoms with Crippen molar-refractivity contribution in [2.24, 2.45) is 0 Å². The highest BCUT2D eigenvalue weighted by atomic mass is 32.1. The van der Waals surface area contributed by atoms with E-state index >= 15 is 0 Å². The molecular formula is C33H38BF2N3O7S. The number of amides is 3. The lowest BCUT2D eigenvalue weighted by molar-refractivity contribution is -0.160. The fourth-order valence-corrected chi connectivity index (χ4v) is 6.22. The molecule has 14 heteroatoms. The second kappa shape index (κ2) is 14.1. The van der Waals surface area contributed by atoms with Gasteiger partial charge >= 0.3 is 13.7 Å². The van der Waals surface area contributed by atoms with Crippen molar-refractivity contribution in [3.05, 3.63) is 76.5 Å². The van der Waals surface area contributed by atoms with Crippen molar-refractivity contribution in [2.75, 3.05) is 13.1 Å². The number of carbonyl (C=O) groups excluding carboxylic acids is 3. The summed E-state index contributed by atoms with van der Waals surface area (Å²) in [5.41, 5.74) is 0.104. The average molecular weight is 670 g/mol. The average Bonchev–Trinajstić information content (AvgIpc) is 3.73. The lowest BCUT2D eigenvalue weighted by Crippen LogP contribution is -2.49. The quantitative estimate of drug-likeness (QED) is 0.286. The number of ether oxygens (including phenoxy) is 2. The third-order valence-corrected chi connectivity index (χ3v) is 9.76. The van der Waals surface area contributed by atoms with Crippen molar-refractivity contribution in [2.45, 2.75) is 77.0 Å². The van der Waals surface area contributed by atoms with Crippen molar-refractivity contribution >= 4 is 41.6 Å². The smallest absolute Gasteiger partial charge is 0.457 e. The van der Waals surface area contributed by atoms with E-state index in [2.05, 4.69) is 15.4 Å². The molecule has 2 saturated heterocycles. The van der Waals surface area contributed by atoms with Crippen molar-refractivity contribution in [3.8, 4) is 11.5 Å². The first-order chi connectivity index (χ1) is 22.2. The number of hydrogen-bond acceptors (Lipinski definition) is 8. The summed E-state index contributed by atoms with van der Waals surface area (Å²) in [5.74, 6) is -0.466. The lowest BCUT2D eigenvalue weighted by atomic mass is 9.81. The van der Waals surface area contributed by atoms with Gasteiger partial charge in [0.05, 0.1) is 29.9 Å². The molecule has 2 N–H and O–H groups in total. The molecule has 0 saturated carbocycles. The van der Waals surface area contributed by atoms with Crippen LogP contribution in [-0.4, -0.2) is 72.8 Å². The first-order valence-electron chi connectivity index (χ1n) is 15.3. The molecule has 250 valence electrons. The molecule has 2 fully saturated rings. The van der Waals surface area contributed by atoms with Crippen molar-refractivity contribution in [1.82, 2.24) is 15.5 Å². The van der Waals surface area contributed by atoms with E-state index in [0.29, 0.717) is 11.5 Å². The number of nitrogens with zero attached hydrogens (tertiary/aromatic N) is 1. The molecule has 2 aliphatic heterocycles. The summed E-state index contributed by atoms with van der Waals surface area (Å²) in [5, 5.41) is 7.36. The van der Waals surface area contributed by atoms with Crippen LogP contribution in [0.15, 0.2) is 66.0 Å². The fraction of sp³-hybridized carbons (Fsp3) is 0.424. The lowest BCUT2D eigenvalue weighted by Gasteiger charge is -2.32. The molecule has 0 bridgehead atoms. The number of halogens is 2. The van der Waals surface area contributed by atoms with Crippen LogP contribution in [0.1, 0.15) is 62.3 Å². The molecule has 0 radical (unpaired) electrons. The van der Waals surface area contributed by atoms with E-state index < -0.39 is 67.4 Å². The molecule has 3 aromatic rings. The zero-order chi connectivity index (χ0) is 33.9. The van der Waals surface area contributed by atoms with Gasteiger partial charge in [0.2, 0.25) is 11.8 Å². The van der Waals surface area contributed by atoms with Crippen LogP contribution in [0.25, 0.3) is 0 Å². The number of likely N-dealkylation sites (tertiary alicyclic amines) is 1. The highest BCUT2D eigenvalue weighted by Crippen LogP contribution is 2.37. The second-order valence-corrected chi connectivity index (χ2v) is 13.5. The van der Waals surface area contributed by atoms with Gasteiger partial charge in [0.15, 0.2) is 0 Å². The molecule has 2 aliphatic rings. The summed E-state index contributed by atoms with van der Waals surface area (Å²) in [6, 6.07) is 15.9. The number of benzene rings is 2. The molecule has 2 aromatic carbocycles. The second-order valence-electron chi connectivity index (χ2n) is 12.5. The van der Waals surface area contributed by atoms with Gasteiger partial charge in [-0.3, -0.25) is 14.4 Å². The monoisotopic (exact) mass is 669 g/mol. The molecule has 47 heavy (non-hydrogen) atoms. The molecule has 3 amide bonds. The van der Waals surface area contributed by atoms with Crippen LogP contribution in [0.4, 0.5) is 8.78 Å². The standard InChI is InChI=1S/C33H38BF2N3O7S/c1-20(27-15-22(19-47-27)34-45-32(2,3)33(4,5)46-34)38-30(42)26-16-25(44-31(35)36)18-39(26)28(40)17-37-29(41)21-11-13-24(14-12-21)43-23-9-7-6-8-10-23/h6-15,19-20,25-26,31H,16-18H2,1-5H3,(H,37,41)(H,38,42)/t20?,25-,26+/m1/s1. The Labute approximate surface area is 276 Å². The molecule has 1 unspecified atom stereocenters. The third kappa shape index (κ3) is 8.18. The number of hydrogen-bond donors (Lipinski definition) is 2. The first-order valence-corrected chi connectivity index (χ1v) is 16.2. The predicted molar refractivity (Wildman–Crippen MR) is 173 cm³/mol. The minimum absolute atomic E-state index is 0.116. The summed E-state index contributed by atoms with van der Waals surface area (Å²) >= 11 is 1.42. The molecule has 5 rings (SSSR count). The largest absolute Gasteiger partial charge is 0.495 e. The van der Waals surface area contributed by atoms with E-state index in [0.717, 1.165) is 10.3 Å². The summed E-state index contributed by atoms with van der Waals surface area (Å²) < 4.78 is 48.8. The van der Waals surface area contributed by atoms with E-state index in [9.17, 15) is 23.2 Å².